The highest BCUT2D eigenvalue weighted by Gasteiger charge is 2.25. The lowest BCUT2D eigenvalue weighted by Crippen LogP contribution is -2.49. The van der Waals surface area contributed by atoms with Gasteiger partial charge in [-0.2, -0.15) is 9.78 Å². The smallest absolute Gasteiger partial charge is 0.409 e. The molecule has 28 heavy (non-hydrogen) atoms. The number of piperazine rings is 1. The summed E-state index contributed by atoms with van der Waals surface area (Å²) in [5.41, 5.74) is 0.963. The molecule has 4 rings (SSSR count). The van der Waals surface area contributed by atoms with Crippen LogP contribution in [0.3, 0.4) is 0 Å². The zero-order valence-corrected chi connectivity index (χ0v) is 16.7. The van der Waals surface area contributed by atoms with E-state index in [9.17, 15) is 9.59 Å². The van der Waals surface area contributed by atoms with Gasteiger partial charge in [0.2, 0.25) is 5.13 Å². The van der Waals surface area contributed by atoms with Gasteiger partial charge in [-0.15, -0.1) is 0 Å². The topological polar surface area (TPSA) is 80.6 Å². The van der Waals surface area contributed by atoms with Gasteiger partial charge >= 0.3 is 6.09 Å². The maximum atomic E-state index is 12.8. The van der Waals surface area contributed by atoms with Gasteiger partial charge in [0.1, 0.15) is 5.02 Å². The number of para-hydroxylation sites is 1. The summed E-state index contributed by atoms with van der Waals surface area (Å²) in [5, 5.41) is 4.86. The molecule has 1 amide bonds. The predicted molar refractivity (Wildman–Crippen MR) is 109 cm³/mol. The zero-order chi connectivity index (χ0) is 19.7. The SMILES string of the molecule is CCOC(=O)N1CCN(c2cnn(-c3nc4ccccc4s3)c(=O)c2Cl)CC1. The van der Waals surface area contributed by atoms with Crippen LogP contribution in [0.1, 0.15) is 6.92 Å². The van der Waals surface area contributed by atoms with Crippen LogP contribution < -0.4 is 10.5 Å². The van der Waals surface area contributed by atoms with Gasteiger partial charge in [-0.1, -0.05) is 35.1 Å². The predicted octanol–water partition coefficient (Wildman–Crippen LogP) is 2.77. The van der Waals surface area contributed by atoms with E-state index in [-0.39, 0.29) is 11.1 Å². The number of fused-ring (bicyclic) bond motifs is 1. The minimum Gasteiger partial charge on any atom is -0.450 e. The second-order valence-electron chi connectivity index (χ2n) is 6.20. The maximum absolute atomic E-state index is 12.8. The Balaban J connectivity index is 1.57. The summed E-state index contributed by atoms with van der Waals surface area (Å²) in [6.07, 6.45) is 1.26. The Hall–Kier alpha value is -2.65. The second-order valence-corrected chi connectivity index (χ2v) is 7.58. The monoisotopic (exact) mass is 419 g/mol. The van der Waals surface area contributed by atoms with Crippen LogP contribution in [0.15, 0.2) is 35.3 Å². The molecule has 0 spiro atoms. The molecule has 3 heterocycles. The number of ether oxygens (including phenoxy) is 1. The van der Waals surface area contributed by atoms with Gasteiger partial charge in [0.15, 0.2) is 0 Å². The molecular weight excluding hydrogens is 402 g/mol. The molecule has 8 nitrogen and oxygen atoms in total. The van der Waals surface area contributed by atoms with Crippen molar-refractivity contribution in [3.05, 3.63) is 45.8 Å². The highest BCUT2D eigenvalue weighted by Crippen LogP contribution is 2.26. The number of carbonyl (C=O) groups excluding carboxylic acids is 1. The van der Waals surface area contributed by atoms with Crippen molar-refractivity contribution in [1.29, 1.82) is 0 Å². The molecule has 2 aromatic heterocycles. The standard InChI is InChI=1S/C18H18ClN5O3S/c1-2-27-18(26)23-9-7-22(8-10-23)13-11-20-24(16(25)15(13)19)17-21-12-5-3-4-6-14(12)28-17/h3-6,11H,2,7-10H2,1H3. The highest BCUT2D eigenvalue weighted by atomic mass is 35.5. The van der Waals surface area contributed by atoms with E-state index >= 15 is 0 Å². The van der Waals surface area contributed by atoms with Crippen molar-refractivity contribution in [1.82, 2.24) is 19.7 Å². The van der Waals surface area contributed by atoms with Crippen molar-refractivity contribution in [3.8, 4) is 5.13 Å². The molecule has 1 aromatic carbocycles. The van der Waals surface area contributed by atoms with E-state index < -0.39 is 5.56 Å². The van der Waals surface area contributed by atoms with Gasteiger partial charge in [-0.05, 0) is 19.1 Å². The van der Waals surface area contributed by atoms with E-state index in [4.69, 9.17) is 16.3 Å². The number of anilines is 1. The van der Waals surface area contributed by atoms with Crippen LogP contribution >= 0.6 is 22.9 Å². The largest absolute Gasteiger partial charge is 0.450 e. The average Bonchev–Trinajstić information content (AvgIpc) is 3.14. The van der Waals surface area contributed by atoms with E-state index in [2.05, 4.69) is 10.1 Å². The van der Waals surface area contributed by atoms with Crippen molar-refractivity contribution < 1.29 is 9.53 Å². The number of hydrogen-bond donors (Lipinski definition) is 0. The first kappa shape index (κ1) is 18.7. The lowest BCUT2D eigenvalue weighted by Gasteiger charge is -2.35. The Morgan fingerprint density at radius 1 is 1.25 bits per heavy atom. The number of nitrogens with zero attached hydrogens (tertiary/aromatic N) is 5. The molecule has 0 bridgehead atoms. The molecule has 1 aliphatic heterocycles. The Morgan fingerprint density at radius 2 is 2.00 bits per heavy atom. The second kappa shape index (κ2) is 7.76. The van der Waals surface area contributed by atoms with Gasteiger partial charge in [0.05, 0.1) is 28.7 Å². The number of carbonyl (C=O) groups is 1. The van der Waals surface area contributed by atoms with Crippen LogP contribution in [-0.2, 0) is 4.74 Å². The van der Waals surface area contributed by atoms with Gasteiger partial charge < -0.3 is 14.5 Å². The van der Waals surface area contributed by atoms with Crippen molar-refractivity contribution in [2.75, 3.05) is 37.7 Å². The van der Waals surface area contributed by atoms with Gasteiger partial charge in [0.25, 0.3) is 5.56 Å². The first-order valence-electron chi connectivity index (χ1n) is 8.89. The molecule has 146 valence electrons. The van der Waals surface area contributed by atoms with Crippen molar-refractivity contribution >= 4 is 44.9 Å². The summed E-state index contributed by atoms with van der Waals surface area (Å²) < 4.78 is 7.23. The molecule has 1 aliphatic rings. The van der Waals surface area contributed by atoms with Crippen molar-refractivity contribution in [2.24, 2.45) is 0 Å². The molecule has 0 saturated carbocycles. The maximum Gasteiger partial charge on any atom is 0.409 e. The zero-order valence-electron chi connectivity index (χ0n) is 15.2. The third-order valence-electron chi connectivity index (χ3n) is 4.51. The normalized spacial score (nSPS) is 14.5. The summed E-state index contributed by atoms with van der Waals surface area (Å²) >= 11 is 7.77. The number of thiazole rings is 1. The summed E-state index contributed by atoms with van der Waals surface area (Å²) in [5.74, 6) is 0. The van der Waals surface area contributed by atoms with E-state index in [0.717, 1.165) is 10.2 Å². The molecule has 0 radical (unpaired) electrons. The number of aromatic nitrogens is 3. The number of amides is 1. The van der Waals surface area contributed by atoms with Gasteiger partial charge in [-0.25, -0.2) is 9.78 Å². The van der Waals surface area contributed by atoms with Gasteiger partial charge in [-0.3, -0.25) is 4.79 Å². The summed E-state index contributed by atoms with van der Waals surface area (Å²) in [6.45, 7) is 4.21. The number of halogens is 1. The number of hydrogen-bond acceptors (Lipinski definition) is 7. The minimum absolute atomic E-state index is 0.0961. The quantitative estimate of drug-likeness (QED) is 0.649. The molecule has 1 saturated heterocycles. The third-order valence-corrected chi connectivity index (χ3v) is 5.88. The van der Waals surface area contributed by atoms with Crippen LogP contribution in [0.5, 0.6) is 0 Å². The van der Waals surface area contributed by atoms with E-state index in [1.54, 1.807) is 18.0 Å². The fraction of sp³-hybridized carbons (Fsp3) is 0.333. The molecule has 0 aliphatic carbocycles. The number of rotatable bonds is 3. The minimum atomic E-state index is -0.411. The summed E-state index contributed by atoms with van der Waals surface area (Å²) in [4.78, 5) is 32.7. The van der Waals surface area contributed by atoms with E-state index in [1.165, 1.54) is 16.0 Å². The lowest BCUT2D eigenvalue weighted by molar-refractivity contribution is 0.105. The van der Waals surface area contributed by atoms with Crippen LogP contribution in [0.4, 0.5) is 10.5 Å². The average molecular weight is 420 g/mol. The molecular formula is C18H18ClN5O3S. The van der Waals surface area contributed by atoms with Crippen LogP contribution in [-0.4, -0.2) is 58.5 Å². The van der Waals surface area contributed by atoms with Crippen LogP contribution in [0.25, 0.3) is 15.3 Å². The van der Waals surface area contributed by atoms with Crippen molar-refractivity contribution in [3.63, 3.8) is 0 Å². The molecule has 0 N–H and O–H groups in total. The number of benzene rings is 1. The Bertz CT molecular complexity index is 1040. The first-order chi connectivity index (χ1) is 13.6. The Kier molecular flexibility index (Phi) is 5.19. The molecule has 0 atom stereocenters. The molecule has 3 aromatic rings. The lowest BCUT2D eigenvalue weighted by atomic mass is 10.3. The fourth-order valence-electron chi connectivity index (χ4n) is 3.08. The Morgan fingerprint density at radius 3 is 2.71 bits per heavy atom. The molecule has 0 unspecified atom stereocenters. The third kappa shape index (κ3) is 3.43. The first-order valence-corrected chi connectivity index (χ1v) is 10.1. The van der Waals surface area contributed by atoms with Gasteiger partial charge in [0, 0.05) is 26.2 Å². The summed E-state index contributed by atoms with van der Waals surface area (Å²) in [6, 6.07) is 7.65. The van der Waals surface area contributed by atoms with E-state index in [1.807, 2.05) is 29.2 Å². The van der Waals surface area contributed by atoms with Crippen LogP contribution in [0.2, 0.25) is 5.02 Å². The molecule has 10 heteroatoms. The van der Waals surface area contributed by atoms with Crippen molar-refractivity contribution in [2.45, 2.75) is 6.92 Å². The van der Waals surface area contributed by atoms with E-state index in [0.29, 0.717) is 43.6 Å². The highest BCUT2D eigenvalue weighted by molar-refractivity contribution is 7.20. The fourth-order valence-corrected chi connectivity index (χ4v) is 4.25. The van der Waals surface area contributed by atoms with Crippen LogP contribution in [0, 0.1) is 0 Å². The molecule has 1 fully saturated rings. The summed E-state index contributed by atoms with van der Waals surface area (Å²) in [7, 11) is 0. The Labute approximate surface area is 169 Å².